The van der Waals surface area contributed by atoms with Crippen LogP contribution >= 0.6 is 10.7 Å². The molecule has 1 aliphatic rings. The van der Waals surface area contributed by atoms with Crippen LogP contribution in [0, 0.1) is 0 Å². The smallest absolute Gasteiger partial charge is 0.298 e. The molecule has 1 atom stereocenters. The molecule has 1 saturated heterocycles. The van der Waals surface area contributed by atoms with Gasteiger partial charge in [0.2, 0.25) is 0 Å². The van der Waals surface area contributed by atoms with E-state index in [0.717, 1.165) is 12.8 Å². The summed E-state index contributed by atoms with van der Waals surface area (Å²) in [7, 11) is 1.24. The molecule has 1 fully saturated rings. The maximum Gasteiger partial charge on any atom is 0.298 e. The van der Waals surface area contributed by atoms with Crippen LogP contribution in [0.15, 0.2) is 5.16 Å². The van der Waals surface area contributed by atoms with Crippen molar-refractivity contribution in [2.45, 2.75) is 30.5 Å². The number of H-pyrrole nitrogens is 1. The van der Waals surface area contributed by atoms with Crippen LogP contribution in [0.4, 0.5) is 0 Å². The molecule has 2 rings (SSSR count). The lowest BCUT2D eigenvalue weighted by Gasteiger charge is -2.18. The molecule has 1 aliphatic heterocycles. The second-order valence-electron chi connectivity index (χ2n) is 3.59. The molecule has 0 bridgehead atoms. The molecule has 1 N–H and O–H groups in total. The van der Waals surface area contributed by atoms with Crippen molar-refractivity contribution < 1.29 is 13.2 Å². The predicted octanol–water partition coefficient (Wildman–Crippen LogP) is 0.758. The Morgan fingerprint density at radius 2 is 2.33 bits per heavy atom. The van der Waals surface area contributed by atoms with E-state index in [4.69, 9.17) is 15.4 Å². The molecule has 1 aromatic rings. The highest BCUT2D eigenvalue weighted by molar-refractivity contribution is 8.13. The average molecular weight is 252 g/mol. The van der Waals surface area contributed by atoms with Crippen molar-refractivity contribution in [3.05, 3.63) is 5.82 Å². The Bertz CT molecular complexity index is 464. The van der Waals surface area contributed by atoms with Gasteiger partial charge in [0, 0.05) is 17.3 Å². The van der Waals surface area contributed by atoms with Gasteiger partial charge in [0.25, 0.3) is 14.2 Å². The lowest BCUT2D eigenvalue weighted by molar-refractivity contribution is 0.00948. The van der Waals surface area contributed by atoms with Crippen LogP contribution in [0.3, 0.4) is 0 Å². The van der Waals surface area contributed by atoms with E-state index >= 15 is 0 Å². The van der Waals surface area contributed by atoms with E-state index in [2.05, 4.69) is 15.2 Å². The van der Waals surface area contributed by atoms with E-state index in [1.807, 2.05) is 6.92 Å². The Labute approximate surface area is 91.4 Å². The van der Waals surface area contributed by atoms with Crippen molar-refractivity contribution in [1.29, 1.82) is 0 Å². The van der Waals surface area contributed by atoms with Gasteiger partial charge >= 0.3 is 0 Å². The number of nitrogens with one attached hydrogen (secondary N) is 1. The first-order chi connectivity index (χ1) is 6.92. The molecule has 0 spiro atoms. The van der Waals surface area contributed by atoms with Gasteiger partial charge in [-0.05, 0) is 19.8 Å². The summed E-state index contributed by atoms with van der Waals surface area (Å²) in [4.78, 5) is 3.82. The van der Waals surface area contributed by atoms with E-state index < -0.39 is 19.8 Å². The monoisotopic (exact) mass is 251 g/mol. The highest BCUT2D eigenvalue weighted by atomic mass is 35.7. The predicted molar refractivity (Wildman–Crippen MR) is 52.0 cm³/mol. The lowest BCUT2D eigenvalue weighted by Crippen LogP contribution is -2.21. The summed E-state index contributed by atoms with van der Waals surface area (Å²) in [5.41, 5.74) is -0.577. The topological polar surface area (TPSA) is 84.9 Å². The maximum absolute atomic E-state index is 10.9. The van der Waals surface area contributed by atoms with Crippen LogP contribution in [0.1, 0.15) is 25.6 Å². The number of aromatic nitrogens is 3. The van der Waals surface area contributed by atoms with Gasteiger partial charge in [0.15, 0.2) is 5.82 Å². The Morgan fingerprint density at radius 1 is 1.60 bits per heavy atom. The van der Waals surface area contributed by atoms with Crippen molar-refractivity contribution in [1.82, 2.24) is 15.2 Å². The molecule has 6 nitrogen and oxygen atoms in total. The minimum absolute atomic E-state index is 0.402. The molecule has 0 amide bonds. The fourth-order valence-corrected chi connectivity index (χ4v) is 2.12. The number of ether oxygens (including phenoxy) is 1. The highest BCUT2D eigenvalue weighted by Crippen LogP contribution is 2.33. The Morgan fingerprint density at radius 3 is 2.80 bits per heavy atom. The molecular weight excluding hydrogens is 242 g/mol. The first-order valence-corrected chi connectivity index (χ1v) is 6.74. The average Bonchev–Trinajstić information content (AvgIpc) is 2.69. The minimum Gasteiger partial charge on any atom is -0.367 e. The summed E-state index contributed by atoms with van der Waals surface area (Å²) >= 11 is 0. The molecule has 1 aromatic heterocycles. The molecule has 2 heterocycles. The summed E-state index contributed by atoms with van der Waals surface area (Å²) in [6, 6.07) is 0. The van der Waals surface area contributed by atoms with Gasteiger partial charge < -0.3 is 4.74 Å². The van der Waals surface area contributed by atoms with E-state index in [1.165, 1.54) is 0 Å². The van der Waals surface area contributed by atoms with Crippen LogP contribution < -0.4 is 0 Å². The van der Waals surface area contributed by atoms with Crippen LogP contribution in [-0.2, 0) is 19.4 Å². The third-order valence-electron chi connectivity index (χ3n) is 2.40. The van der Waals surface area contributed by atoms with Crippen LogP contribution in [0.25, 0.3) is 0 Å². The molecule has 8 heteroatoms. The number of rotatable bonds is 2. The molecule has 1 unspecified atom stereocenters. The first kappa shape index (κ1) is 10.8. The van der Waals surface area contributed by atoms with Crippen molar-refractivity contribution in [2.75, 3.05) is 6.61 Å². The summed E-state index contributed by atoms with van der Waals surface area (Å²) in [5, 5.41) is 5.68. The van der Waals surface area contributed by atoms with Crippen LogP contribution in [0.2, 0.25) is 0 Å². The van der Waals surface area contributed by atoms with Gasteiger partial charge in [0.05, 0.1) is 0 Å². The summed E-state index contributed by atoms with van der Waals surface area (Å²) < 4.78 is 27.4. The SMILES string of the molecule is CC1(c2nc(S(=O)(=O)Cl)n[nH]2)CCCO1. The van der Waals surface area contributed by atoms with Crippen molar-refractivity contribution in [2.24, 2.45) is 0 Å². The van der Waals surface area contributed by atoms with Gasteiger partial charge in [-0.25, -0.2) is 8.42 Å². The fourth-order valence-electron chi connectivity index (χ4n) is 1.56. The molecule has 0 aromatic carbocycles. The quantitative estimate of drug-likeness (QED) is 0.785. The number of hydrogen-bond donors (Lipinski definition) is 1. The van der Waals surface area contributed by atoms with Gasteiger partial charge in [-0.2, -0.15) is 4.98 Å². The van der Waals surface area contributed by atoms with Crippen LogP contribution in [-0.4, -0.2) is 30.2 Å². The first-order valence-electron chi connectivity index (χ1n) is 4.43. The molecule has 15 heavy (non-hydrogen) atoms. The summed E-state index contributed by atoms with van der Waals surface area (Å²) in [6.45, 7) is 2.48. The Balaban J connectivity index is 2.35. The Hall–Kier alpha value is -0.660. The second kappa shape index (κ2) is 3.43. The maximum atomic E-state index is 10.9. The van der Waals surface area contributed by atoms with Gasteiger partial charge in [-0.3, -0.25) is 5.10 Å². The lowest BCUT2D eigenvalue weighted by atomic mass is 10.0. The normalized spacial score (nSPS) is 27.1. The van der Waals surface area contributed by atoms with Gasteiger partial charge in [-0.15, -0.1) is 5.10 Å². The highest BCUT2D eigenvalue weighted by Gasteiger charge is 2.36. The molecular formula is C7H10ClN3O3S. The zero-order valence-corrected chi connectivity index (χ0v) is 9.60. The number of halogens is 1. The van der Waals surface area contributed by atoms with E-state index in [-0.39, 0.29) is 0 Å². The van der Waals surface area contributed by atoms with Crippen molar-refractivity contribution in [3.63, 3.8) is 0 Å². The third-order valence-corrected chi connectivity index (χ3v) is 3.44. The zero-order chi connectivity index (χ0) is 11.1. The largest absolute Gasteiger partial charge is 0.367 e. The Kier molecular flexibility index (Phi) is 2.48. The summed E-state index contributed by atoms with van der Waals surface area (Å²) in [6.07, 6.45) is 1.70. The molecule has 0 saturated carbocycles. The number of nitrogens with zero attached hydrogens (tertiary/aromatic N) is 2. The van der Waals surface area contributed by atoms with Gasteiger partial charge in [-0.1, -0.05) is 0 Å². The standard InChI is InChI=1S/C7H10ClN3O3S/c1-7(3-2-4-14-7)5-9-6(11-10-5)15(8,12)13/h2-4H2,1H3,(H,9,10,11). The molecule has 0 aliphatic carbocycles. The van der Waals surface area contributed by atoms with E-state index in [0.29, 0.717) is 12.4 Å². The van der Waals surface area contributed by atoms with Crippen molar-refractivity contribution in [3.8, 4) is 0 Å². The second-order valence-corrected chi connectivity index (χ2v) is 6.05. The third kappa shape index (κ3) is 1.99. The van der Waals surface area contributed by atoms with E-state index in [9.17, 15) is 8.42 Å². The minimum atomic E-state index is -3.88. The van der Waals surface area contributed by atoms with Crippen LogP contribution in [0.5, 0.6) is 0 Å². The van der Waals surface area contributed by atoms with Crippen molar-refractivity contribution >= 4 is 19.7 Å². The fraction of sp³-hybridized carbons (Fsp3) is 0.714. The van der Waals surface area contributed by atoms with Gasteiger partial charge in [0.1, 0.15) is 5.60 Å². The molecule has 84 valence electrons. The zero-order valence-electron chi connectivity index (χ0n) is 8.03. The molecule has 0 radical (unpaired) electrons. The summed E-state index contributed by atoms with van der Waals surface area (Å²) in [5.74, 6) is 0.402. The number of hydrogen-bond acceptors (Lipinski definition) is 5. The number of aromatic amines is 1. The van der Waals surface area contributed by atoms with E-state index in [1.54, 1.807) is 0 Å².